The van der Waals surface area contributed by atoms with Crippen LogP contribution in [0.2, 0.25) is 0 Å². The third kappa shape index (κ3) is 4.59. The van der Waals surface area contributed by atoms with Crippen LogP contribution in [0.3, 0.4) is 0 Å². The Kier molecular flexibility index (Phi) is 5.88. The van der Waals surface area contributed by atoms with E-state index in [1.54, 1.807) is 24.1 Å². The van der Waals surface area contributed by atoms with Crippen molar-refractivity contribution in [2.45, 2.75) is 0 Å². The van der Waals surface area contributed by atoms with Crippen LogP contribution >= 0.6 is 0 Å². The first kappa shape index (κ1) is 19.6. The quantitative estimate of drug-likeness (QED) is 0.487. The summed E-state index contributed by atoms with van der Waals surface area (Å²) in [6.45, 7) is 3.90. The molecular formula is C20H21N7O2. The molecule has 148 valence electrons. The third-order valence-corrected chi connectivity index (χ3v) is 4.00. The molecule has 0 spiro atoms. The number of hydrogen-bond donors (Lipinski definition) is 2. The third-order valence-electron chi connectivity index (χ3n) is 4.00. The first-order valence-electron chi connectivity index (χ1n) is 8.63. The molecule has 0 radical (unpaired) electrons. The van der Waals surface area contributed by atoms with E-state index in [0.29, 0.717) is 17.1 Å². The smallest absolute Gasteiger partial charge is 0.262 e. The zero-order valence-corrected chi connectivity index (χ0v) is 16.1. The van der Waals surface area contributed by atoms with Gasteiger partial charge < -0.3 is 25.6 Å². The van der Waals surface area contributed by atoms with Crippen LogP contribution in [0.25, 0.3) is 11.5 Å². The maximum absolute atomic E-state index is 5.95. The number of ether oxygens (including phenoxy) is 1. The number of anilines is 1. The van der Waals surface area contributed by atoms with Crippen molar-refractivity contribution in [3.63, 3.8) is 0 Å². The average molecular weight is 391 g/mol. The number of aliphatic imine (C=N–C) groups is 2. The molecule has 29 heavy (non-hydrogen) atoms. The Morgan fingerprint density at radius 3 is 2.48 bits per heavy atom. The summed E-state index contributed by atoms with van der Waals surface area (Å²) in [6, 6.07) is 16.9. The second kappa shape index (κ2) is 8.70. The van der Waals surface area contributed by atoms with Crippen molar-refractivity contribution < 1.29 is 9.26 Å². The van der Waals surface area contributed by atoms with E-state index in [1.165, 1.54) is 0 Å². The van der Waals surface area contributed by atoms with Gasteiger partial charge in [0.15, 0.2) is 5.84 Å². The maximum atomic E-state index is 5.95. The number of amidine groups is 1. The van der Waals surface area contributed by atoms with Crippen molar-refractivity contribution in [2.24, 2.45) is 21.5 Å². The number of benzene rings is 2. The number of rotatable bonds is 6. The van der Waals surface area contributed by atoms with Gasteiger partial charge in [-0.15, -0.1) is 0 Å². The van der Waals surface area contributed by atoms with Crippen LogP contribution < -0.4 is 21.1 Å². The lowest BCUT2D eigenvalue weighted by molar-refractivity contribution is 0.404. The van der Waals surface area contributed by atoms with Gasteiger partial charge in [-0.3, -0.25) is 0 Å². The molecule has 0 saturated carbocycles. The number of para-hydroxylation sites is 2. The normalized spacial score (nSPS) is 11.9. The van der Waals surface area contributed by atoms with Crippen molar-refractivity contribution >= 4 is 17.5 Å². The highest BCUT2D eigenvalue weighted by Gasteiger charge is 2.15. The minimum absolute atomic E-state index is 0.0358. The van der Waals surface area contributed by atoms with Crippen LogP contribution in [0.5, 0.6) is 5.75 Å². The fraction of sp³-hybridized carbons (Fsp3) is 0.100. The summed E-state index contributed by atoms with van der Waals surface area (Å²) >= 11 is 0. The lowest BCUT2D eigenvalue weighted by Crippen LogP contribution is -2.22. The van der Waals surface area contributed by atoms with Gasteiger partial charge in [0.2, 0.25) is 11.8 Å². The second-order valence-corrected chi connectivity index (χ2v) is 5.90. The molecule has 0 saturated heterocycles. The summed E-state index contributed by atoms with van der Waals surface area (Å²) in [5.41, 5.74) is 13.4. The molecular weight excluding hydrogens is 370 g/mol. The molecule has 0 fully saturated rings. The Morgan fingerprint density at radius 1 is 1.07 bits per heavy atom. The Balaban J connectivity index is 1.78. The zero-order chi connectivity index (χ0) is 20.8. The van der Waals surface area contributed by atoms with E-state index < -0.39 is 0 Å². The fourth-order valence-corrected chi connectivity index (χ4v) is 2.46. The highest BCUT2D eigenvalue weighted by Crippen LogP contribution is 2.27. The average Bonchev–Trinajstić information content (AvgIpc) is 3.24. The minimum atomic E-state index is -0.0843. The zero-order valence-electron chi connectivity index (χ0n) is 16.1. The molecule has 9 heteroatoms. The predicted molar refractivity (Wildman–Crippen MR) is 113 cm³/mol. The van der Waals surface area contributed by atoms with Gasteiger partial charge in [0.1, 0.15) is 11.6 Å². The van der Waals surface area contributed by atoms with E-state index in [4.69, 9.17) is 20.7 Å². The number of hydrogen-bond acceptors (Lipinski definition) is 6. The highest BCUT2D eigenvalue weighted by molar-refractivity contribution is 6.02. The van der Waals surface area contributed by atoms with Crippen molar-refractivity contribution in [1.29, 1.82) is 0 Å². The summed E-state index contributed by atoms with van der Waals surface area (Å²) in [5, 5.41) is 3.84. The largest absolute Gasteiger partial charge is 0.496 e. The Hall–Kier alpha value is -4.14. The van der Waals surface area contributed by atoms with Gasteiger partial charge in [0, 0.05) is 12.7 Å². The lowest BCUT2D eigenvalue weighted by Gasteiger charge is -2.18. The summed E-state index contributed by atoms with van der Waals surface area (Å²) < 4.78 is 10.6. The molecule has 2 aromatic carbocycles. The molecule has 3 rings (SSSR count). The monoisotopic (exact) mass is 391 g/mol. The molecule has 4 N–H and O–H groups in total. The Morgan fingerprint density at radius 2 is 1.76 bits per heavy atom. The Bertz CT molecular complexity index is 1060. The molecule has 0 aliphatic heterocycles. The number of guanidine groups is 1. The first-order chi connectivity index (χ1) is 14.0. The molecule has 1 heterocycles. The van der Waals surface area contributed by atoms with Gasteiger partial charge in [-0.25, -0.2) is 0 Å². The van der Waals surface area contributed by atoms with Crippen LogP contribution in [0.4, 0.5) is 5.69 Å². The van der Waals surface area contributed by atoms with Crippen LogP contribution in [0.1, 0.15) is 5.82 Å². The topological polar surface area (TPSA) is 128 Å². The van der Waals surface area contributed by atoms with Gasteiger partial charge in [0.25, 0.3) is 5.89 Å². The lowest BCUT2D eigenvalue weighted by atomic mass is 10.2. The van der Waals surface area contributed by atoms with Gasteiger partial charge in [-0.05, 0) is 24.3 Å². The molecule has 0 unspecified atom stereocenters. The molecule has 0 bridgehead atoms. The van der Waals surface area contributed by atoms with Gasteiger partial charge >= 0.3 is 0 Å². The van der Waals surface area contributed by atoms with E-state index in [0.717, 1.165) is 5.69 Å². The highest BCUT2D eigenvalue weighted by atomic mass is 16.5. The van der Waals surface area contributed by atoms with Crippen LogP contribution in [-0.4, -0.2) is 36.1 Å². The summed E-state index contributed by atoms with van der Waals surface area (Å²) in [4.78, 5) is 14.2. The maximum Gasteiger partial charge on any atom is 0.262 e. The van der Waals surface area contributed by atoms with E-state index in [1.807, 2.05) is 49.5 Å². The van der Waals surface area contributed by atoms with Crippen molar-refractivity contribution in [1.82, 2.24) is 10.1 Å². The molecule has 1 aromatic heterocycles. The summed E-state index contributed by atoms with van der Waals surface area (Å²) in [5.74, 6) is 1.21. The molecule has 3 aromatic rings. The fourth-order valence-electron chi connectivity index (χ4n) is 2.46. The second-order valence-electron chi connectivity index (χ2n) is 5.90. The number of aromatic nitrogens is 2. The number of nitrogens with zero attached hydrogens (tertiary/aromatic N) is 5. The predicted octanol–water partition coefficient (Wildman–Crippen LogP) is 2.37. The van der Waals surface area contributed by atoms with Crippen LogP contribution in [-0.2, 0) is 0 Å². The summed E-state index contributed by atoms with van der Waals surface area (Å²) in [6.07, 6.45) is 0. The SMILES string of the molecule is C=C(N=C(N)N=C(N)c1noc(-c2ccccc2OC)n1)N(C)c1ccccc1. The number of methoxy groups -OCH3 is 1. The van der Waals surface area contributed by atoms with Crippen molar-refractivity contribution in [3.8, 4) is 17.2 Å². The van der Waals surface area contributed by atoms with E-state index in [-0.39, 0.29) is 23.5 Å². The molecule has 9 nitrogen and oxygen atoms in total. The number of nitrogens with two attached hydrogens (primary N) is 2. The first-order valence-corrected chi connectivity index (χ1v) is 8.63. The summed E-state index contributed by atoms with van der Waals surface area (Å²) in [7, 11) is 3.38. The van der Waals surface area contributed by atoms with Crippen LogP contribution in [0, 0.1) is 0 Å². The van der Waals surface area contributed by atoms with E-state index >= 15 is 0 Å². The van der Waals surface area contributed by atoms with Crippen LogP contribution in [0.15, 0.2) is 81.5 Å². The molecule has 0 aliphatic carbocycles. The molecule has 0 aliphatic rings. The van der Waals surface area contributed by atoms with Crippen molar-refractivity contribution in [3.05, 3.63) is 72.8 Å². The Labute approximate surface area is 168 Å². The van der Waals surface area contributed by atoms with Gasteiger partial charge in [0.05, 0.1) is 12.7 Å². The van der Waals surface area contributed by atoms with Crippen molar-refractivity contribution in [2.75, 3.05) is 19.1 Å². The van der Waals surface area contributed by atoms with Gasteiger partial charge in [-0.1, -0.05) is 42.1 Å². The molecule has 0 atom stereocenters. The van der Waals surface area contributed by atoms with E-state index in [9.17, 15) is 0 Å². The molecule has 0 amide bonds. The van der Waals surface area contributed by atoms with Gasteiger partial charge in [-0.2, -0.15) is 15.0 Å². The minimum Gasteiger partial charge on any atom is -0.496 e. The standard InChI is InChI=1S/C20H21N7O2/c1-13(27(2)14-9-5-4-6-10-14)23-20(22)24-17(21)18-25-19(29-26-18)15-11-7-8-12-16(15)28-3/h4-12H,1H2,2-3H3,(H4,21,22,23,24). The van der Waals surface area contributed by atoms with E-state index in [2.05, 4.69) is 26.7 Å².